The van der Waals surface area contributed by atoms with Gasteiger partial charge in [-0.2, -0.15) is 0 Å². The molecule has 2 saturated heterocycles. The van der Waals surface area contributed by atoms with Gasteiger partial charge < -0.3 is 14.2 Å². The number of rotatable bonds is 0. The van der Waals surface area contributed by atoms with E-state index >= 15 is 0 Å². The summed E-state index contributed by atoms with van der Waals surface area (Å²) in [5.74, 6) is 0.345. The van der Waals surface area contributed by atoms with Crippen LogP contribution in [0.25, 0.3) is 0 Å². The molecule has 2 spiro atoms. The highest BCUT2D eigenvalue weighted by Gasteiger charge is 2.82. The summed E-state index contributed by atoms with van der Waals surface area (Å²) in [6.07, 6.45) is 1.16. The number of fused-ring (bicyclic) bond motifs is 2. The Balaban J connectivity index is 1.75. The highest BCUT2D eigenvalue weighted by atomic mass is 16.8. The molecule has 2 aliphatic carbocycles. The van der Waals surface area contributed by atoms with Gasteiger partial charge in [-0.05, 0) is 0 Å². The lowest BCUT2D eigenvalue weighted by Gasteiger charge is -2.68. The fourth-order valence-electron chi connectivity index (χ4n) is 3.73. The fraction of sp³-hybridized carbons (Fsp3) is 0.900. The Morgan fingerprint density at radius 2 is 1.93 bits per heavy atom. The van der Waals surface area contributed by atoms with Crippen molar-refractivity contribution in [3.05, 3.63) is 0 Å². The van der Waals surface area contributed by atoms with Crippen LogP contribution in [0.15, 0.2) is 0 Å². The molecule has 0 aromatic heterocycles. The second-order valence-corrected chi connectivity index (χ2v) is 4.71. The summed E-state index contributed by atoms with van der Waals surface area (Å²) in [4.78, 5) is 11.4. The summed E-state index contributed by atoms with van der Waals surface area (Å²) in [5, 5.41) is 0. The van der Waals surface area contributed by atoms with Gasteiger partial charge in [0.2, 0.25) is 0 Å². The van der Waals surface area contributed by atoms with Crippen LogP contribution in [-0.2, 0) is 19.0 Å². The van der Waals surface area contributed by atoms with Gasteiger partial charge in [0.05, 0.1) is 37.3 Å². The van der Waals surface area contributed by atoms with Gasteiger partial charge in [-0.1, -0.05) is 0 Å². The SMILES string of the molecule is O=C1CC2C3(C1)OCC3C21OCCO1. The van der Waals surface area contributed by atoms with Gasteiger partial charge in [-0.15, -0.1) is 0 Å². The number of hydrogen-bond acceptors (Lipinski definition) is 4. The minimum Gasteiger partial charge on any atom is -0.373 e. The lowest BCUT2D eigenvalue weighted by Crippen LogP contribution is -2.80. The van der Waals surface area contributed by atoms with Crippen molar-refractivity contribution in [1.29, 1.82) is 0 Å². The molecule has 4 heteroatoms. The van der Waals surface area contributed by atoms with Crippen LogP contribution in [0.1, 0.15) is 12.8 Å². The van der Waals surface area contributed by atoms with E-state index < -0.39 is 5.79 Å². The van der Waals surface area contributed by atoms with Crippen LogP contribution in [0.4, 0.5) is 0 Å². The van der Waals surface area contributed by atoms with Crippen molar-refractivity contribution >= 4 is 5.78 Å². The summed E-state index contributed by atoms with van der Waals surface area (Å²) >= 11 is 0. The average molecular weight is 196 g/mol. The van der Waals surface area contributed by atoms with Crippen LogP contribution in [0, 0.1) is 11.8 Å². The summed E-state index contributed by atoms with van der Waals surface area (Å²) in [6, 6.07) is 0. The summed E-state index contributed by atoms with van der Waals surface area (Å²) < 4.78 is 17.0. The van der Waals surface area contributed by atoms with Crippen molar-refractivity contribution in [3.63, 3.8) is 0 Å². The van der Waals surface area contributed by atoms with Gasteiger partial charge in [0, 0.05) is 12.8 Å². The third-order valence-corrected chi connectivity index (χ3v) is 4.31. The number of carbonyl (C=O) groups is 1. The van der Waals surface area contributed by atoms with Gasteiger partial charge in [-0.3, -0.25) is 4.79 Å². The van der Waals surface area contributed by atoms with Gasteiger partial charge in [0.15, 0.2) is 5.79 Å². The molecule has 3 atom stereocenters. The molecule has 2 heterocycles. The van der Waals surface area contributed by atoms with Crippen molar-refractivity contribution in [2.45, 2.75) is 24.2 Å². The maximum atomic E-state index is 11.4. The Hall–Kier alpha value is -0.450. The van der Waals surface area contributed by atoms with Crippen LogP contribution < -0.4 is 0 Å². The van der Waals surface area contributed by atoms with E-state index in [-0.39, 0.29) is 11.5 Å². The lowest BCUT2D eigenvalue weighted by molar-refractivity contribution is -0.442. The predicted molar refractivity (Wildman–Crippen MR) is 44.5 cm³/mol. The first-order chi connectivity index (χ1) is 6.78. The van der Waals surface area contributed by atoms with Crippen LogP contribution in [0.3, 0.4) is 0 Å². The van der Waals surface area contributed by atoms with Crippen LogP contribution in [0.5, 0.6) is 0 Å². The van der Waals surface area contributed by atoms with Crippen molar-refractivity contribution in [1.82, 2.24) is 0 Å². The summed E-state index contributed by atoms with van der Waals surface area (Å²) in [7, 11) is 0. The molecule has 4 nitrogen and oxygen atoms in total. The first-order valence-corrected chi connectivity index (χ1v) is 5.21. The Kier molecular flexibility index (Phi) is 1.14. The fourth-order valence-corrected chi connectivity index (χ4v) is 3.73. The van der Waals surface area contributed by atoms with Crippen LogP contribution >= 0.6 is 0 Å². The van der Waals surface area contributed by atoms with Gasteiger partial charge >= 0.3 is 0 Å². The molecular formula is C10H12O4. The van der Waals surface area contributed by atoms with E-state index in [1.165, 1.54) is 0 Å². The number of carbonyl (C=O) groups excluding carboxylic acids is 1. The molecule has 3 unspecified atom stereocenters. The van der Waals surface area contributed by atoms with E-state index in [1.54, 1.807) is 0 Å². The van der Waals surface area contributed by atoms with Crippen molar-refractivity contribution in [2.75, 3.05) is 19.8 Å². The quantitative estimate of drug-likeness (QED) is 0.551. The Labute approximate surface area is 81.5 Å². The molecule has 0 aromatic rings. The highest BCUT2D eigenvalue weighted by Crippen LogP contribution is 2.69. The van der Waals surface area contributed by atoms with Gasteiger partial charge in [0.1, 0.15) is 5.78 Å². The zero-order valence-electron chi connectivity index (χ0n) is 7.82. The largest absolute Gasteiger partial charge is 0.373 e. The monoisotopic (exact) mass is 196 g/mol. The van der Waals surface area contributed by atoms with E-state index in [0.717, 1.165) is 0 Å². The minimum absolute atomic E-state index is 0.170. The number of ether oxygens (including phenoxy) is 3. The van der Waals surface area contributed by atoms with Crippen LogP contribution in [-0.4, -0.2) is 37.0 Å². The van der Waals surface area contributed by atoms with Gasteiger partial charge in [-0.25, -0.2) is 0 Å². The van der Waals surface area contributed by atoms with E-state index in [9.17, 15) is 4.79 Å². The third kappa shape index (κ3) is 0.569. The average Bonchev–Trinajstić information content (AvgIpc) is 2.69. The first kappa shape index (κ1) is 7.79. The molecule has 2 aliphatic heterocycles. The van der Waals surface area contributed by atoms with E-state index in [1.807, 2.05) is 0 Å². The maximum absolute atomic E-state index is 11.4. The molecule has 0 bridgehead atoms. The molecule has 0 aromatic carbocycles. The molecule has 0 N–H and O–H groups in total. The Morgan fingerprint density at radius 1 is 1.14 bits per heavy atom. The molecule has 2 saturated carbocycles. The molecule has 0 radical (unpaired) electrons. The zero-order chi connectivity index (χ0) is 9.39. The highest BCUT2D eigenvalue weighted by molar-refractivity contribution is 5.84. The second-order valence-electron chi connectivity index (χ2n) is 4.71. The maximum Gasteiger partial charge on any atom is 0.182 e. The molecule has 4 rings (SSSR count). The standard InChI is InChI=1S/C10H12O4/c11-6-3-7-9(4-6)8(5-14-9)10(7)12-1-2-13-10/h7-8H,1-5H2. The Morgan fingerprint density at radius 3 is 2.57 bits per heavy atom. The van der Waals surface area contributed by atoms with Crippen molar-refractivity contribution in [2.24, 2.45) is 11.8 Å². The third-order valence-electron chi connectivity index (χ3n) is 4.31. The summed E-state index contributed by atoms with van der Waals surface area (Å²) in [5.41, 5.74) is -0.179. The van der Waals surface area contributed by atoms with E-state index in [4.69, 9.17) is 14.2 Å². The smallest absolute Gasteiger partial charge is 0.182 e. The lowest BCUT2D eigenvalue weighted by atomic mass is 9.54. The number of ketones is 1. The van der Waals surface area contributed by atoms with Gasteiger partial charge in [0.25, 0.3) is 0 Å². The van der Waals surface area contributed by atoms with E-state index in [2.05, 4.69) is 0 Å². The molecule has 4 fully saturated rings. The normalized spacial score (nSPS) is 52.4. The molecular weight excluding hydrogens is 184 g/mol. The molecule has 14 heavy (non-hydrogen) atoms. The summed E-state index contributed by atoms with van der Waals surface area (Å²) in [6.45, 7) is 2.03. The molecule has 4 aliphatic rings. The van der Waals surface area contributed by atoms with Crippen LogP contribution in [0.2, 0.25) is 0 Å². The minimum atomic E-state index is -0.440. The van der Waals surface area contributed by atoms with E-state index in [0.29, 0.717) is 44.4 Å². The van der Waals surface area contributed by atoms with Crippen molar-refractivity contribution < 1.29 is 19.0 Å². The number of Topliss-reactive ketones (excluding diaryl/α,β-unsaturated/α-hetero) is 1. The predicted octanol–water partition coefficient (Wildman–Crippen LogP) is 0.107. The first-order valence-electron chi connectivity index (χ1n) is 5.21. The topological polar surface area (TPSA) is 44.8 Å². The van der Waals surface area contributed by atoms with Crippen molar-refractivity contribution in [3.8, 4) is 0 Å². The second kappa shape index (κ2) is 2.05. The Bertz CT molecular complexity index is 320. The number of hydrogen-bond donors (Lipinski definition) is 0. The zero-order valence-corrected chi connectivity index (χ0v) is 7.82. The molecule has 0 amide bonds. The molecule has 76 valence electrons.